The van der Waals surface area contributed by atoms with Crippen molar-refractivity contribution in [1.29, 1.82) is 0 Å². The van der Waals surface area contributed by atoms with Crippen LogP contribution in [0.1, 0.15) is 39.2 Å². The Hall–Kier alpha value is -1.08. The lowest BCUT2D eigenvalue weighted by molar-refractivity contribution is -0.0371. The van der Waals surface area contributed by atoms with Crippen LogP contribution in [0.4, 0.5) is 0 Å². The van der Waals surface area contributed by atoms with Gasteiger partial charge in [-0.3, -0.25) is 0 Å². The molecule has 1 aliphatic heterocycles. The van der Waals surface area contributed by atoms with Crippen molar-refractivity contribution in [2.24, 2.45) is 0 Å². The van der Waals surface area contributed by atoms with Crippen molar-refractivity contribution in [3.05, 3.63) is 35.9 Å². The van der Waals surface area contributed by atoms with Gasteiger partial charge in [-0.15, -0.1) is 0 Å². The van der Waals surface area contributed by atoms with Crippen molar-refractivity contribution < 1.29 is 9.16 Å². The number of rotatable bonds is 2. The van der Waals surface area contributed by atoms with Crippen LogP contribution in [-0.4, -0.2) is 27.1 Å². The molecule has 2 rings (SSSR count). The maximum atomic E-state index is 6.56. The van der Waals surface area contributed by atoms with Gasteiger partial charge in [-0.1, -0.05) is 50.8 Å². The van der Waals surface area contributed by atoms with Gasteiger partial charge < -0.3 is 9.16 Å². The molecule has 1 aromatic rings. The fourth-order valence-corrected chi connectivity index (χ4v) is 3.59. The summed E-state index contributed by atoms with van der Waals surface area (Å²) in [7, 11) is -1.79. The first-order valence-electron chi connectivity index (χ1n) is 8.16. The van der Waals surface area contributed by atoms with E-state index in [1.807, 2.05) is 30.3 Å². The SMILES string of the molecule is CC(C)(C)[Si](C)(C)O[C@H]1CCCO[C@H]1C#Cc1ccccc1. The minimum atomic E-state index is -1.79. The van der Waals surface area contributed by atoms with Crippen molar-refractivity contribution >= 4 is 8.32 Å². The van der Waals surface area contributed by atoms with Gasteiger partial charge in [0, 0.05) is 12.2 Å². The third kappa shape index (κ3) is 4.46. The monoisotopic (exact) mass is 316 g/mol. The molecule has 0 bridgehead atoms. The molecule has 0 N–H and O–H groups in total. The molecule has 1 heterocycles. The first-order valence-corrected chi connectivity index (χ1v) is 11.1. The van der Waals surface area contributed by atoms with Gasteiger partial charge >= 0.3 is 0 Å². The quantitative estimate of drug-likeness (QED) is 0.586. The number of hydrogen-bond donors (Lipinski definition) is 0. The Morgan fingerprint density at radius 2 is 1.86 bits per heavy atom. The van der Waals surface area contributed by atoms with Crippen molar-refractivity contribution in [1.82, 2.24) is 0 Å². The number of ether oxygens (including phenoxy) is 1. The highest BCUT2D eigenvalue weighted by Gasteiger charge is 2.41. The maximum absolute atomic E-state index is 6.56. The second-order valence-corrected chi connectivity index (χ2v) is 12.2. The van der Waals surface area contributed by atoms with Crippen LogP contribution >= 0.6 is 0 Å². The van der Waals surface area contributed by atoms with Gasteiger partial charge in [0.25, 0.3) is 0 Å². The van der Waals surface area contributed by atoms with Gasteiger partial charge in [-0.05, 0) is 43.1 Å². The van der Waals surface area contributed by atoms with E-state index in [0.29, 0.717) is 0 Å². The van der Waals surface area contributed by atoms with Crippen LogP contribution in [0.25, 0.3) is 0 Å². The van der Waals surface area contributed by atoms with Gasteiger partial charge in [0.1, 0.15) is 6.10 Å². The minimum absolute atomic E-state index is 0.103. The zero-order valence-electron chi connectivity index (χ0n) is 14.5. The van der Waals surface area contributed by atoms with Gasteiger partial charge in [0.05, 0.1) is 6.10 Å². The highest BCUT2D eigenvalue weighted by atomic mass is 28.4. The van der Waals surface area contributed by atoms with Crippen LogP contribution in [0.5, 0.6) is 0 Å². The lowest BCUT2D eigenvalue weighted by atomic mass is 10.1. The number of hydrogen-bond acceptors (Lipinski definition) is 2. The summed E-state index contributed by atoms with van der Waals surface area (Å²) in [5, 5.41) is 0.210. The molecule has 1 aliphatic rings. The average Bonchev–Trinajstić information content (AvgIpc) is 2.46. The van der Waals surface area contributed by atoms with Crippen molar-refractivity contribution in [3.8, 4) is 11.8 Å². The fourth-order valence-electron chi connectivity index (χ4n) is 2.24. The molecule has 22 heavy (non-hydrogen) atoms. The third-order valence-electron chi connectivity index (χ3n) is 4.65. The molecule has 1 saturated heterocycles. The molecule has 0 spiro atoms. The molecule has 0 unspecified atom stereocenters. The van der Waals surface area contributed by atoms with E-state index in [0.717, 1.165) is 25.0 Å². The first-order chi connectivity index (χ1) is 10.3. The largest absolute Gasteiger partial charge is 0.410 e. The molecular weight excluding hydrogens is 288 g/mol. The summed E-state index contributed by atoms with van der Waals surface area (Å²) in [4.78, 5) is 0. The zero-order chi connectivity index (χ0) is 16.2. The minimum Gasteiger partial charge on any atom is -0.410 e. The Morgan fingerprint density at radius 3 is 2.50 bits per heavy atom. The van der Waals surface area contributed by atoms with E-state index >= 15 is 0 Å². The van der Waals surface area contributed by atoms with Crippen LogP contribution in [-0.2, 0) is 9.16 Å². The molecule has 0 aliphatic carbocycles. The number of benzene rings is 1. The average molecular weight is 317 g/mol. The summed E-state index contributed by atoms with van der Waals surface area (Å²) in [6, 6.07) is 10.1. The Morgan fingerprint density at radius 1 is 1.18 bits per heavy atom. The van der Waals surface area contributed by atoms with Gasteiger partial charge in [-0.2, -0.15) is 0 Å². The lowest BCUT2D eigenvalue weighted by Crippen LogP contribution is -2.48. The van der Waals surface area contributed by atoms with Crippen LogP contribution in [0, 0.1) is 11.8 Å². The Bertz CT molecular complexity index is 534. The van der Waals surface area contributed by atoms with Crippen LogP contribution < -0.4 is 0 Å². The smallest absolute Gasteiger partial charge is 0.192 e. The summed E-state index contributed by atoms with van der Waals surface area (Å²) in [6.45, 7) is 12.2. The molecule has 120 valence electrons. The summed E-state index contributed by atoms with van der Waals surface area (Å²) in [6.07, 6.45) is 2.10. The standard InChI is InChI=1S/C19H28O2Si/c1-19(2,3)22(4,5)21-18-12-9-15-20-17(18)14-13-16-10-7-6-8-11-16/h6-8,10-11,17-18H,9,12,15H2,1-5H3/t17-,18-/m0/s1. The molecule has 0 amide bonds. The Kier molecular flexibility index (Phi) is 5.49. The molecule has 1 fully saturated rings. The van der Waals surface area contributed by atoms with E-state index in [1.165, 1.54) is 0 Å². The van der Waals surface area contributed by atoms with E-state index < -0.39 is 8.32 Å². The second kappa shape index (κ2) is 7.00. The molecule has 0 radical (unpaired) electrons. The molecular formula is C19H28O2Si. The first kappa shape index (κ1) is 17.3. The molecule has 3 heteroatoms. The molecule has 2 atom stereocenters. The Labute approximate surface area is 136 Å². The van der Waals surface area contributed by atoms with E-state index in [2.05, 4.69) is 45.7 Å². The van der Waals surface area contributed by atoms with Gasteiger partial charge in [0.2, 0.25) is 0 Å². The molecule has 1 aromatic carbocycles. The predicted molar refractivity (Wildman–Crippen MR) is 94.4 cm³/mol. The normalized spacial score (nSPS) is 22.8. The fraction of sp³-hybridized carbons (Fsp3) is 0.579. The van der Waals surface area contributed by atoms with Crippen molar-refractivity contribution in [2.75, 3.05) is 6.61 Å². The summed E-state index contributed by atoms with van der Waals surface area (Å²) in [5.41, 5.74) is 1.03. The predicted octanol–water partition coefficient (Wildman–Crippen LogP) is 4.61. The van der Waals surface area contributed by atoms with E-state index in [9.17, 15) is 0 Å². The zero-order valence-corrected chi connectivity index (χ0v) is 15.5. The summed E-state index contributed by atoms with van der Waals surface area (Å²) >= 11 is 0. The molecule has 2 nitrogen and oxygen atoms in total. The molecule has 0 saturated carbocycles. The summed E-state index contributed by atoms with van der Waals surface area (Å²) < 4.78 is 12.5. The van der Waals surface area contributed by atoms with E-state index in [1.54, 1.807) is 0 Å². The third-order valence-corrected chi connectivity index (χ3v) is 9.16. The Balaban J connectivity index is 2.11. The molecule has 0 aromatic heterocycles. The van der Waals surface area contributed by atoms with Crippen molar-refractivity contribution in [3.63, 3.8) is 0 Å². The van der Waals surface area contributed by atoms with E-state index in [4.69, 9.17) is 9.16 Å². The topological polar surface area (TPSA) is 18.5 Å². The van der Waals surface area contributed by atoms with Crippen molar-refractivity contribution in [2.45, 2.75) is 64.0 Å². The van der Waals surface area contributed by atoms with Crippen LogP contribution in [0.3, 0.4) is 0 Å². The van der Waals surface area contributed by atoms with Gasteiger partial charge in [-0.25, -0.2) is 0 Å². The van der Waals surface area contributed by atoms with Crippen LogP contribution in [0.15, 0.2) is 30.3 Å². The van der Waals surface area contributed by atoms with Gasteiger partial charge in [0.15, 0.2) is 8.32 Å². The maximum Gasteiger partial charge on any atom is 0.192 e. The van der Waals surface area contributed by atoms with E-state index in [-0.39, 0.29) is 17.2 Å². The van der Waals surface area contributed by atoms with Crippen LogP contribution in [0.2, 0.25) is 18.1 Å². The summed E-state index contributed by atoms with van der Waals surface area (Å²) in [5.74, 6) is 6.52. The lowest BCUT2D eigenvalue weighted by Gasteiger charge is -2.41. The highest BCUT2D eigenvalue weighted by molar-refractivity contribution is 6.74. The highest BCUT2D eigenvalue weighted by Crippen LogP contribution is 2.38. The second-order valence-electron chi connectivity index (χ2n) is 7.49.